The number of thiophene rings is 1. The summed E-state index contributed by atoms with van der Waals surface area (Å²) in [4.78, 5) is 18.9. The molecule has 4 aromatic heterocycles. The number of hydrogen-bond donors (Lipinski definition) is 0. The van der Waals surface area contributed by atoms with Gasteiger partial charge in [0.25, 0.3) is 0 Å². The topological polar surface area (TPSA) is 56.5 Å². The summed E-state index contributed by atoms with van der Waals surface area (Å²) < 4.78 is 4.57. The standard InChI is InChI=1S/C28H15N5S/c1-3-7-21-16(5-1)15-31-28(32-21)33-23-8-4-2-6-17(23)18-9-10-20-19-11-12-22-24(30-14-13-29-22)26(19)34-27(20)25(18)33/h1-15H. The van der Waals surface area contributed by atoms with Crippen LogP contribution in [0.25, 0.3) is 69.9 Å². The summed E-state index contributed by atoms with van der Waals surface area (Å²) in [5, 5.41) is 5.83. The highest BCUT2D eigenvalue weighted by molar-refractivity contribution is 7.27. The van der Waals surface area contributed by atoms with Gasteiger partial charge in [-0.2, -0.15) is 0 Å². The Hall–Kier alpha value is -4.42. The van der Waals surface area contributed by atoms with Gasteiger partial charge in [0.15, 0.2) is 0 Å². The van der Waals surface area contributed by atoms with E-state index < -0.39 is 0 Å². The molecule has 0 unspecified atom stereocenters. The fourth-order valence-corrected chi connectivity index (χ4v) is 6.38. The SMILES string of the molecule is c1ccc2nc(-n3c4ccccc4c4ccc5c6ccc7nccnc7c6sc5c43)ncc2c1. The number of para-hydroxylation sites is 2. The first kappa shape index (κ1) is 18.1. The van der Waals surface area contributed by atoms with Crippen molar-refractivity contribution in [1.82, 2.24) is 24.5 Å². The molecular weight excluding hydrogens is 438 g/mol. The monoisotopic (exact) mass is 453 g/mol. The van der Waals surface area contributed by atoms with Crippen molar-refractivity contribution in [3.05, 3.63) is 91.4 Å². The maximum atomic E-state index is 4.96. The second-order valence-electron chi connectivity index (χ2n) is 8.39. The van der Waals surface area contributed by atoms with E-state index in [1.807, 2.05) is 30.5 Å². The number of rotatable bonds is 1. The van der Waals surface area contributed by atoms with Crippen molar-refractivity contribution in [2.75, 3.05) is 0 Å². The van der Waals surface area contributed by atoms with Crippen LogP contribution in [0.3, 0.4) is 0 Å². The highest BCUT2D eigenvalue weighted by atomic mass is 32.1. The highest BCUT2D eigenvalue weighted by Gasteiger charge is 2.20. The summed E-state index contributed by atoms with van der Waals surface area (Å²) in [6.07, 6.45) is 5.42. The van der Waals surface area contributed by atoms with Gasteiger partial charge in [-0.25, -0.2) is 9.97 Å². The number of fused-ring (bicyclic) bond motifs is 10. The smallest absolute Gasteiger partial charge is 0.235 e. The number of nitrogens with zero attached hydrogens (tertiary/aromatic N) is 5. The van der Waals surface area contributed by atoms with Crippen molar-refractivity contribution in [2.24, 2.45) is 0 Å². The fourth-order valence-electron chi connectivity index (χ4n) is 5.05. The van der Waals surface area contributed by atoms with Crippen LogP contribution in [0.4, 0.5) is 0 Å². The zero-order valence-electron chi connectivity index (χ0n) is 17.8. The zero-order chi connectivity index (χ0) is 22.2. The van der Waals surface area contributed by atoms with Gasteiger partial charge in [0.1, 0.15) is 5.52 Å². The molecule has 0 bridgehead atoms. The molecule has 0 saturated heterocycles. The maximum Gasteiger partial charge on any atom is 0.235 e. The molecule has 4 aromatic carbocycles. The summed E-state index contributed by atoms with van der Waals surface area (Å²) in [5.41, 5.74) is 5.02. The predicted molar refractivity (Wildman–Crippen MR) is 140 cm³/mol. The lowest BCUT2D eigenvalue weighted by atomic mass is 10.1. The first-order valence-corrected chi connectivity index (χ1v) is 11.9. The first-order chi connectivity index (χ1) is 16.9. The van der Waals surface area contributed by atoms with Gasteiger partial charge in [0, 0.05) is 45.5 Å². The van der Waals surface area contributed by atoms with Crippen molar-refractivity contribution in [2.45, 2.75) is 0 Å². The Bertz CT molecular complexity index is 2090. The van der Waals surface area contributed by atoms with E-state index in [1.54, 1.807) is 23.7 Å². The lowest BCUT2D eigenvalue weighted by Crippen LogP contribution is -2.00. The molecule has 158 valence electrons. The van der Waals surface area contributed by atoms with Crippen LogP contribution in [0.1, 0.15) is 0 Å². The molecule has 0 spiro atoms. The fraction of sp³-hybridized carbons (Fsp3) is 0. The van der Waals surface area contributed by atoms with Crippen LogP contribution < -0.4 is 0 Å². The molecule has 5 nitrogen and oxygen atoms in total. The van der Waals surface area contributed by atoms with Gasteiger partial charge in [-0.15, -0.1) is 11.3 Å². The molecule has 0 aliphatic carbocycles. The molecule has 34 heavy (non-hydrogen) atoms. The second kappa shape index (κ2) is 6.56. The third-order valence-corrected chi connectivity index (χ3v) is 7.79. The average molecular weight is 454 g/mol. The quantitative estimate of drug-likeness (QED) is 0.267. The maximum absolute atomic E-state index is 4.96. The van der Waals surface area contributed by atoms with Crippen molar-refractivity contribution in [3.63, 3.8) is 0 Å². The molecule has 0 radical (unpaired) electrons. The van der Waals surface area contributed by atoms with Crippen LogP contribution in [0.2, 0.25) is 0 Å². The third kappa shape index (κ3) is 2.32. The number of hydrogen-bond acceptors (Lipinski definition) is 5. The minimum Gasteiger partial charge on any atom is -0.276 e. The lowest BCUT2D eigenvalue weighted by molar-refractivity contribution is 1.01. The number of aromatic nitrogens is 5. The van der Waals surface area contributed by atoms with E-state index in [0.29, 0.717) is 5.95 Å². The predicted octanol–water partition coefficient (Wildman–Crippen LogP) is 7.04. The minimum atomic E-state index is 0.680. The molecule has 0 fully saturated rings. The molecule has 0 saturated carbocycles. The van der Waals surface area contributed by atoms with E-state index in [2.05, 4.69) is 63.1 Å². The third-order valence-electron chi connectivity index (χ3n) is 6.55. The van der Waals surface area contributed by atoms with Gasteiger partial charge in [0.2, 0.25) is 5.95 Å². The number of benzene rings is 4. The van der Waals surface area contributed by atoms with E-state index in [0.717, 1.165) is 37.7 Å². The molecule has 8 rings (SSSR count). The van der Waals surface area contributed by atoms with Gasteiger partial charge < -0.3 is 0 Å². The van der Waals surface area contributed by atoms with Crippen LogP contribution in [-0.4, -0.2) is 24.5 Å². The first-order valence-electron chi connectivity index (χ1n) is 11.1. The van der Waals surface area contributed by atoms with E-state index in [4.69, 9.17) is 9.97 Å². The van der Waals surface area contributed by atoms with Gasteiger partial charge in [-0.1, -0.05) is 54.6 Å². The molecule has 0 aliphatic rings. The molecule has 0 aliphatic heterocycles. The Morgan fingerprint density at radius 3 is 2.41 bits per heavy atom. The van der Waals surface area contributed by atoms with Crippen molar-refractivity contribution >= 4 is 75.3 Å². The van der Waals surface area contributed by atoms with Gasteiger partial charge in [0.05, 0.1) is 31.5 Å². The summed E-state index contributed by atoms with van der Waals surface area (Å²) in [6, 6.07) is 25.3. The largest absolute Gasteiger partial charge is 0.276 e. The minimum absolute atomic E-state index is 0.680. The Morgan fingerprint density at radius 1 is 0.618 bits per heavy atom. The van der Waals surface area contributed by atoms with Crippen molar-refractivity contribution < 1.29 is 0 Å². The molecule has 8 aromatic rings. The molecule has 4 heterocycles. The molecule has 6 heteroatoms. The van der Waals surface area contributed by atoms with E-state index in [-0.39, 0.29) is 0 Å². The van der Waals surface area contributed by atoms with Crippen LogP contribution in [0, 0.1) is 0 Å². The Kier molecular flexibility index (Phi) is 3.48. The summed E-state index contributed by atoms with van der Waals surface area (Å²) in [5.74, 6) is 0.680. The molecule has 0 amide bonds. The normalized spacial score (nSPS) is 12.1. The van der Waals surface area contributed by atoms with Crippen LogP contribution in [0.15, 0.2) is 91.4 Å². The van der Waals surface area contributed by atoms with E-state index >= 15 is 0 Å². The highest BCUT2D eigenvalue weighted by Crippen LogP contribution is 2.43. The van der Waals surface area contributed by atoms with E-state index in [9.17, 15) is 0 Å². The summed E-state index contributed by atoms with van der Waals surface area (Å²) in [7, 11) is 0. The van der Waals surface area contributed by atoms with Crippen molar-refractivity contribution in [1.29, 1.82) is 0 Å². The van der Waals surface area contributed by atoms with Crippen LogP contribution >= 0.6 is 11.3 Å². The zero-order valence-corrected chi connectivity index (χ0v) is 18.6. The average Bonchev–Trinajstić information content (AvgIpc) is 3.44. The molecular formula is C28H15N5S. The van der Waals surface area contributed by atoms with Gasteiger partial charge >= 0.3 is 0 Å². The summed E-state index contributed by atoms with van der Waals surface area (Å²) in [6.45, 7) is 0. The summed E-state index contributed by atoms with van der Waals surface area (Å²) >= 11 is 1.77. The van der Waals surface area contributed by atoms with Gasteiger partial charge in [-0.05, 0) is 18.2 Å². The second-order valence-corrected chi connectivity index (χ2v) is 9.41. The van der Waals surface area contributed by atoms with Crippen LogP contribution in [-0.2, 0) is 0 Å². The Labute approximate surface area is 197 Å². The Morgan fingerprint density at radius 2 is 1.41 bits per heavy atom. The molecule has 0 N–H and O–H groups in total. The lowest BCUT2D eigenvalue weighted by Gasteiger charge is -2.07. The van der Waals surface area contributed by atoms with Gasteiger partial charge in [-0.3, -0.25) is 14.5 Å². The molecule has 0 atom stereocenters. The van der Waals surface area contributed by atoms with E-state index in [1.165, 1.54) is 26.2 Å². The van der Waals surface area contributed by atoms with Crippen molar-refractivity contribution in [3.8, 4) is 5.95 Å². The Balaban J connectivity index is 1.59. The van der Waals surface area contributed by atoms with Crippen LogP contribution in [0.5, 0.6) is 0 Å².